The van der Waals surface area contributed by atoms with Gasteiger partial charge >= 0.3 is 0 Å². The average molecular weight is 380 g/mol. The number of halogens is 1. The van der Waals surface area contributed by atoms with Crippen molar-refractivity contribution >= 4 is 34.5 Å². The third-order valence-corrected chi connectivity index (χ3v) is 4.06. The molecule has 0 amide bonds. The molecule has 0 fully saturated rings. The van der Waals surface area contributed by atoms with Crippen LogP contribution < -0.4 is 10.2 Å². The largest absolute Gasteiger partial charge is 0.504 e. The van der Waals surface area contributed by atoms with Crippen LogP contribution in [0.3, 0.4) is 0 Å². The number of anilines is 2. The Labute approximate surface area is 153 Å². The first-order valence-corrected chi connectivity index (χ1v) is 8.30. The molecule has 0 saturated carbocycles. The molecule has 0 aliphatic carbocycles. The zero-order chi connectivity index (χ0) is 18.7. The van der Waals surface area contributed by atoms with E-state index in [2.05, 4.69) is 30.7 Å². The van der Waals surface area contributed by atoms with E-state index in [-0.39, 0.29) is 29.8 Å². The lowest BCUT2D eigenvalue weighted by molar-refractivity contribution is 0.288. The summed E-state index contributed by atoms with van der Waals surface area (Å²) in [7, 11) is 0. The van der Waals surface area contributed by atoms with Crippen molar-refractivity contribution in [3.63, 3.8) is 0 Å². The second kappa shape index (κ2) is 7.58. The summed E-state index contributed by atoms with van der Waals surface area (Å²) in [4.78, 5) is 10.3. The van der Waals surface area contributed by atoms with Crippen LogP contribution >= 0.6 is 11.6 Å². The lowest BCUT2D eigenvalue weighted by Crippen LogP contribution is -2.27. The highest BCUT2D eigenvalue weighted by Gasteiger charge is 2.16. The average Bonchev–Trinajstić information content (AvgIpc) is 3.12. The van der Waals surface area contributed by atoms with Crippen molar-refractivity contribution in [2.75, 3.05) is 23.5 Å². The topological polar surface area (TPSA) is 143 Å². The van der Waals surface area contributed by atoms with Crippen molar-refractivity contribution in [1.82, 2.24) is 25.4 Å². The van der Waals surface area contributed by atoms with E-state index in [9.17, 15) is 15.3 Å². The number of phenolic OH excluding ortho intramolecular Hbond substituents is 2. The van der Waals surface area contributed by atoms with Gasteiger partial charge in [-0.3, -0.25) is 0 Å². The Hall–Kier alpha value is -2.85. The van der Waals surface area contributed by atoms with Crippen LogP contribution in [0, 0.1) is 0 Å². The standard InChI is InChI=1S/C15H18ClN7O3/c1-2-5-23(7-24)15-18-13(10-14(19-15)21-22-20-10)17-6-8-3-4-9(16)12(26)11(8)25/h3-4,24-26H,2,5-7H2,1H3,(H2,17,18,19,20,21,22). The summed E-state index contributed by atoms with van der Waals surface area (Å²) in [6, 6.07) is 3.07. The molecule has 5 N–H and O–H groups in total. The molecule has 26 heavy (non-hydrogen) atoms. The van der Waals surface area contributed by atoms with E-state index in [1.54, 1.807) is 11.0 Å². The molecular weight excluding hydrogens is 362 g/mol. The van der Waals surface area contributed by atoms with Gasteiger partial charge < -0.3 is 25.5 Å². The van der Waals surface area contributed by atoms with Crippen molar-refractivity contribution in [2.24, 2.45) is 0 Å². The summed E-state index contributed by atoms with van der Waals surface area (Å²) in [5.41, 5.74) is 1.26. The first-order chi connectivity index (χ1) is 12.5. The van der Waals surface area contributed by atoms with E-state index in [1.165, 1.54) is 6.07 Å². The highest BCUT2D eigenvalue weighted by Crippen LogP contribution is 2.36. The Balaban J connectivity index is 1.92. The maximum absolute atomic E-state index is 10.00. The first-order valence-electron chi connectivity index (χ1n) is 7.93. The molecule has 10 nitrogen and oxygen atoms in total. The van der Waals surface area contributed by atoms with E-state index in [4.69, 9.17) is 11.6 Å². The molecule has 2 heterocycles. The molecule has 138 valence electrons. The molecule has 3 aromatic rings. The van der Waals surface area contributed by atoms with Crippen LogP contribution in [0.25, 0.3) is 11.2 Å². The van der Waals surface area contributed by atoms with Gasteiger partial charge in [-0.25, -0.2) is 5.10 Å². The van der Waals surface area contributed by atoms with Gasteiger partial charge in [0.15, 0.2) is 28.5 Å². The predicted molar refractivity (Wildman–Crippen MR) is 96.3 cm³/mol. The number of fused-ring (bicyclic) bond motifs is 1. The molecule has 3 rings (SSSR count). The van der Waals surface area contributed by atoms with Crippen molar-refractivity contribution < 1.29 is 15.3 Å². The highest BCUT2D eigenvalue weighted by atomic mass is 35.5. The quantitative estimate of drug-likeness (QED) is 0.305. The second-order valence-corrected chi connectivity index (χ2v) is 5.95. The maximum atomic E-state index is 10.00. The summed E-state index contributed by atoms with van der Waals surface area (Å²) in [6.45, 7) is 2.48. The number of aromatic amines is 1. The fourth-order valence-electron chi connectivity index (χ4n) is 2.43. The van der Waals surface area contributed by atoms with E-state index < -0.39 is 0 Å². The Morgan fingerprint density at radius 3 is 2.77 bits per heavy atom. The van der Waals surface area contributed by atoms with Crippen LogP contribution in [-0.4, -0.2) is 54.0 Å². The number of hydrogen-bond acceptors (Lipinski definition) is 9. The number of nitrogens with one attached hydrogen (secondary N) is 2. The number of aromatic nitrogens is 5. The SMILES string of the molecule is CCCN(CO)c1nc(NCc2ccc(Cl)c(O)c2O)c2nn[nH]c2n1. The number of nitrogens with zero attached hydrogens (tertiary/aromatic N) is 5. The number of aromatic hydroxyl groups is 2. The molecule has 0 unspecified atom stereocenters. The third kappa shape index (κ3) is 3.41. The van der Waals surface area contributed by atoms with Gasteiger partial charge in [0, 0.05) is 18.7 Å². The monoisotopic (exact) mass is 379 g/mol. The number of hydrogen-bond donors (Lipinski definition) is 5. The van der Waals surface area contributed by atoms with Crippen molar-refractivity contribution in [2.45, 2.75) is 19.9 Å². The highest BCUT2D eigenvalue weighted by molar-refractivity contribution is 6.32. The minimum Gasteiger partial charge on any atom is -0.504 e. The van der Waals surface area contributed by atoms with E-state index in [0.717, 1.165) is 6.42 Å². The van der Waals surface area contributed by atoms with Crippen LogP contribution in [0.4, 0.5) is 11.8 Å². The summed E-state index contributed by atoms with van der Waals surface area (Å²) in [6.07, 6.45) is 0.809. The number of H-pyrrole nitrogens is 1. The zero-order valence-electron chi connectivity index (χ0n) is 13.9. The lowest BCUT2D eigenvalue weighted by atomic mass is 10.2. The first kappa shape index (κ1) is 18.0. The molecule has 0 radical (unpaired) electrons. The van der Waals surface area contributed by atoms with Crippen molar-refractivity contribution in [3.8, 4) is 11.5 Å². The molecule has 0 atom stereocenters. The minimum atomic E-state index is -0.379. The van der Waals surface area contributed by atoms with E-state index >= 15 is 0 Å². The van der Waals surface area contributed by atoms with Crippen LogP contribution in [0.2, 0.25) is 5.02 Å². The van der Waals surface area contributed by atoms with E-state index in [1.807, 2.05) is 6.92 Å². The minimum absolute atomic E-state index is 0.0626. The van der Waals surface area contributed by atoms with Gasteiger partial charge in [-0.05, 0) is 12.5 Å². The van der Waals surface area contributed by atoms with Gasteiger partial charge in [0.25, 0.3) is 0 Å². The van der Waals surface area contributed by atoms with Gasteiger partial charge in [0.2, 0.25) is 5.95 Å². The Morgan fingerprint density at radius 1 is 1.23 bits per heavy atom. The van der Waals surface area contributed by atoms with Gasteiger partial charge in [-0.1, -0.05) is 29.8 Å². The number of aliphatic hydroxyl groups excluding tert-OH is 1. The maximum Gasteiger partial charge on any atom is 0.231 e. The van der Waals surface area contributed by atoms with Crippen LogP contribution in [0.5, 0.6) is 11.5 Å². The van der Waals surface area contributed by atoms with Crippen LogP contribution in [0.15, 0.2) is 12.1 Å². The van der Waals surface area contributed by atoms with Gasteiger partial charge in [0.05, 0.1) is 5.02 Å². The summed E-state index contributed by atoms with van der Waals surface area (Å²) in [5.74, 6) is 0.00897. The van der Waals surface area contributed by atoms with Gasteiger partial charge in [-0.2, -0.15) is 9.97 Å². The molecule has 2 aromatic heterocycles. The lowest BCUT2D eigenvalue weighted by Gasteiger charge is -2.19. The number of rotatable bonds is 7. The molecule has 0 aliphatic heterocycles. The van der Waals surface area contributed by atoms with E-state index in [0.29, 0.717) is 35.0 Å². The molecular formula is C15H18ClN7O3. The smallest absolute Gasteiger partial charge is 0.231 e. The summed E-state index contributed by atoms with van der Waals surface area (Å²) < 4.78 is 0. The third-order valence-electron chi connectivity index (χ3n) is 3.76. The summed E-state index contributed by atoms with van der Waals surface area (Å²) in [5, 5.41) is 42.7. The predicted octanol–water partition coefficient (Wildman–Crippen LogP) is 1.59. The Kier molecular flexibility index (Phi) is 5.24. The Morgan fingerprint density at radius 2 is 2.04 bits per heavy atom. The molecule has 0 bridgehead atoms. The van der Waals surface area contributed by atoms with Crippen LogP contribution in [0.1, 0.15) is 18.9 Å². The van der Waals surface area contributed by atoms with Crippen molar-refractivity contribution in [1.29, 1.82) is 0 Å². The van der Waals surface area contributed by atoms with Gasteiger partial charge in [-0.15, -0.1) is 5.10 Å². The number of benzene rings is 1. The zero-order valence-corrected chi connectivity index (χ0v) is 14.7. The normalized spacial score (nSPS) is 11.0. The molecule has 11 heteroatoms. The fraction of sp³-hybridized carbons (Fsp3) is 0.333. The van der Waals surface area contributed by atoms with Gasteiger partial charge in [0.1, 0.15) is 6.73 Å². The second-order valence-electron chi connectivity index (χ2n) is 5.54. The number of phenols is 2. The molecule has 1 aromatic carbocycles. The van der Waals surface area contributed by atoms with Crippen molar-refractivity contribution in [3.05, 3.63) is 22.7 Å². The Bertz CT molecular complexity index is 918. The summed E-state index contributed by atoms with van der Waals surface area (Å²) >= 11 is 5.77. The molecule has 0 saturated heterocycles. The molecule has 0 spiro atoms. The van der Waals surface area contributed by atoms with Crippen LogP contribution in [-0.2, 0) is 6.54 Å². The number of aliphatic hydroxyl groups is 1. The fourth-order valence-corrected chi connectivity index (χ4v) is 2.58. The molecule has 0 aliphatic rings.